The van der Waals surface area contributed by atoms with E-state index in [0.29, 0.717) is 6.54 Å². The van der Waals surface area contributed by atoms with E-state index < -0.39 is 0 Å². The van der Waals surface area contributed by atoms with E-state index in [1.54, 1.807) is 7.11 Å². The van der Waals surface area contributed by atoms with Gasteiger partial charge in [-0.25, -0.2) is 0 Å². The minimum atomic E-state index is -0.00944. The Bertz CT molecular complexity index is 1360. The Hall–Kier alpha value is -3.57. The van der Waals surface area contributed by atoms with E-state index in [1.165, 1.54) is 43.3 Å². The molecule has 3 heterocycles. The van der Waals surface area contributed by atoms with Crippen molar-refractivity contribution in [2.24, 2.45) is 0 Å². The molecule has 0 atom stereocenters. The second kappa shape index (κ2) is 8.65. The summed E-state index contributed by atoms with van der Waals surface area (Å²) in [5.41, 5.74) is 8.38. The zero-order valence-electron chi connectivity index (χ0n) is 19.5. The summed E-state index contributed by atoms with van der Waals surface area (Å²) in [6.07, 6.45) is 3.96. The number of fused-ring (bicyclic) bond motifs is 2. The molecule has 2 N–H and O–H groups in total. The summed E-state index contributed by atoms with van der Waals surface area (Å²) >= 11 is 0. The van der Waals surface area contributed by atoms with Crippen LogP contribution in [-0.2, 0) is 13.1 Å². The quantitative estimate of drug-likeness (QED) is 0.407. The number of piperidine rings is 1. The first-order chi connectivity index (χ1) is 16.7. The fraction of sp³-hybridized carbons (Fsp3) is 0.276. The average Bonchev–Trinajstić information content (AvgIpc) is 3.48. The standard InChI is InChI=1S/C29H29N3O2/c1-34-22-8-6-20(7-9-22)23-10-11-24(28-25(23)17-30-29(28)33)27-16-21-15-19(5-12-26(21)31-27)18-32-13-3-2-4-14-32/h5-12,15-16,31H,2-4,13-14,17-18H2,1H3,(H,30,33). The zero-order chi connectivity index (χ0) is 23.1. The van der Waals surface area contributed by atoms with Gasteiger partial charge >= 0.3 is 0 Å². The van der Waals surface area contributed by atoms with Gasteiger partial charge in [-0.2, -0.15) is 0 Å². The molecule has 5 nitrogen and oxygen atoms in total. The van der Waals surface area contributed by atoms with Crippen molar-refractivity contribution in [1.29, 1.82) is 0 Å². The van der Waals surface area contributed by atoms with Gasteiger partial charge < -0.3 is 15.0 Å². The summed E-state index contributed by atoms with van der Waals surface area (Å²) in [5, 5.41) is 4.22. The first kappa shape index (κ1) is 21.0. The molecule has 6 rings (SSSR count). The van der Waals surface area contributed by atoms with E-state index in [-0.39, 0.29) is 5.91 Å². The number of rotatable bonds is 5. The maximum absolute atomic E-state index is 12.9. The summed E-state index contributed by atoms with van der Waals surface area (Å²) in [4.78, 5) is 19.0. The van der Waals surface area contributed by atoms with E-state index in [1.807, 2.05) is 24.3 Å². The normalized spacial score (nSPS) is 16.0. The molecule has 34 heavy (non-hydrogen) atoms. The highest BCUT2D eigenvalue weighted by Gasteiger charge is 2.27. The first-order valence-corrected chi connectivity index (χ1v) is 12.1. The van der Waals surface area contributed by atoms with E-state index in [0.717, 1.165) is 51.3 Å². The fourth-order valence-corrected chi connectivity index (χ4v) is 5.41. The van der Waals surface area contributed by atoms with E-state index >= 15 is 0 Å². The van der Waals surface area contributed by atoms with Crippen molar-refractivity contribution in [3.8, 4) is 28.1 Å². The number of aromatic nitrogens is 1. The monoisotopic (exact) mass is 451 g/mol. The van der Waals surface area contributed by atoms with Crippen molar-refractivity contribution in [1.82, 2.24) is 15.2 Å². The van der Waals surface area contributed by atoms with Crippen LogP contribution in [0.25, 0.3) is 33.3 Å². The van der Waals surface area contributed by atoms with Crippen LogP contribution in [-0.4, -0.2) is 36.0 Å². The van der Waals surface area contributed by atoms with Crippen LogP contribution in [0.5, 0.6) is 5.75 Å². The number of carbonyl (C=O) groups is 1. The van der Waals surface area contributed by atoms with Crippen LogP contribution < -0.4 is 10.1 Å². The molecule has 0 saturated carbocycles. The van der Waals surface area contributed by atoms with E-state index in [9.17, 15) is 4.79 Å². The molecule has 3 aromatic carbocycles. The lowest BCUT2D eigenvalue weighted by Crippen LogP contribution is -2.28. The number of methoxy groups -OCH3 is 1. The Morgan fingerprint density at radius 2 is 1.71 bits per heavy atom. The third-order valence-corrected chi connectivity index (χ3v) is 7.20. The number of carbonyl (C=O) groups excluding carboxylic acids is 1. The largest absolute Gasteiger partial charge is 0.497 e. The number of nitrogens with one attached hydrogen (secondary N) is 2. The molecular weight excluding hydrogens is 422 g/mol. The van der Waals surface area contributed by atoms with Crippen LogP contribution in [0, 0.1) is 0 Å². The summed E-state index contributed by atoms with van der Waals surface area (Å²) in [6, 6.07) is 21.1. The summed E-state index contributed by atoms with van der Waals surface area (Å²) in [5.74, 6) is 0.814. The molecule has 5 heteroatoms. The number of amides is 1. The highest BCUT2D eigenvalue weighted by molar-refractivity contribution is 6.07. The molecule has 1 aromatic heterocycles. The van der Waals surface area contributed by atoms with Gasteiger partial charge in [-0.05, 0) is 78.5 Å². The average molecular weight is 452 g/mol. The molecule has 0 radical (unpaired) electrons. The number of ether oxygens (including phenoxy) is 1. The lowest BCUT2D eigenvalue weighted by Gasteiger charge is -2.26. The fourth-order valence-electron chi connectivity index (χ4n) is 5.41. The number of aromatic amines is 1. The molecule has 2 aliphatic heterocycles. The molecule has 0 bridgehead atoms. The number of H-pyrrole nitrogens is 1. The van der Waals surface area contributed by atoms with Crippen molar-refractivity contribution in [3.05, 3.63) is 77.4 Å². The molecule has 0 aliphatic carbocycles. The van der Waals surface area contributed by atoms with Crippen LogP contribution in [0.15, 0.2) is 60.7 Å². The number of hydrogen-bond acceptors (Lipinski definition) is 3. The third-order valence-electron chi connectivity index (χ3n) is 7.20. The maximum atomic E-state index is 12.9. The van der Waals surface area contributed by atoms with Gasteiger partial charge in [-0.15, -0.1) is 0 Å². The SMILES string of the molecule is COc1ccc(-c2ccc(-c3cc4cc(CN5CCCCC5)ccc4[nH]3)c3c2CNC3=O)cc1. The Kier molecular flexibility index (Phi) is 5.34. The third kappa shape index (κ3) is 3.76. The minimum Gasteiger partial charge on any atom is -0.497 e. The van der Waals surface area contributed by atoms with Gasteiger partial charge in [-0.1, -0.05) is 36.8 Å². The van der Waals surface area contributed by atoms with E-state index in [2.05, 4.69) is 51.6 Å². The number of nitrogens with zero attached hydrogens (tertiary/aromatic N) is 1. The molecule has 4 aromatic rings. The lowest BCUT2D eigenvalue weighted by atomic mass is 9.92. The van der Waals surface area contributed by atoms with Crippen LogP contribution in [0.2, 0.25) is 0 Å². The Balaban J connectivity index is 1.36. The van der Waals surface area contributed by atoms with Crippen LogP contribution >= 0.6 is 0 Å². The predicted molar refractivity (Wildman–Crippen MR) is 136 cm³/mol. The van der Waals surface area contributed by atoms with Crippen LogP contribution in [0.4, 0.5) is 0 Å². The van der Waals surface area contributed by atoms with Gasteiger partial charge in [0.25, 0.3) is 5.91 Å². The van der Waals surface area contributed by atoms with Gasteiger partial charge in [0.1, 0.15) is 5.75 Å². The molecule has 0 spiro atoms. The summed E-state index contributed by atoms with van der Waals surface area (Å²) < 4.78 is 5.30. The lowest BCUT2D eigenvalue weighted by molar-refractivity contribution is 0.0966. The van der Waals surface area contributed by atoms with Gasteiger partial charge in [0.2, 0.25) is 0 Å². The van der Waals surface area contributed by atoms with Gasteiger partial charge in [-0.3, -0.25) is 9.69 Å². The Morgan fingerprint density at radius 1 is 0.912 bits per heavy atom. The molecule has 1 saturated heterocycles. The summed E-state index contributed by atoms with van der Waals surface area (Å²) in [6.45, 7) is 3.94. The Labute approximate surface area is 199 Å². The predicted octanol–water partition coefficient (Wildman–Crippen LogP) is 5.74. The molecule has 0 unspecified atom stereocenters. The molecule has 2 aliphatic rings. The van der Waals surface area contributed by atoms with Crippen molar-refractivity contribution in [2.75, 3.05) is 20.2 Å². The van der Waals surface area contributed by atoms with Gasteiger partial charge in [0.05, 0.1) is 12.7 Å². The smallest absolute Gasteiger partial charge is 0.252 e. The maximum Gasteiger partial charge on any atom is 0.252 e. The first-order valence-electron chi connectivity index (χ1n) is 12.1. The number of benzene rings is 3. The topological polar surface area (TPSA) is 57.4 Å². The van der Waals surface area contributed by atoms with Gasteiger partial charge in [0, 0.05) is 35.2 Å². The molecular formula is C29H29N3O2. The van der Waals surface area contributed by atoms with Gasteiger partial charge in [0.15, 0.2) is 0 Å². The van der Waals surface area contributed by atoms with Crippen molar-refractivity contribution in [2.45, 2.75) is 32.4 Å². The Morgan fingerprint density at radius 3 is 2.50 bits per heavy atom. The van der Waals surface area contributed by atoms with Crippen molar-refractivity contribution < 1.29 is 9.53 Å². The molecule has 172 valence electrons. The second-order valence-corrected chi connectivity index (χ2v) is 9.37. The highest BCUT2D eigenvalue weighted by atomic mass is 16.5. The molecule has 1 amide bonds. The summed E-state index contributed by atoms with van der Waals surface area (Å²) in [7, 11) is 1.67. The second-order valence-electron chi connectivity index (χ2n) is 9.37. The van der Waals surface area contributed by atoms with Crippen molar-refractivity contribution in [3.63, 3.8) is 0 Å². The minimum absolute atomic E-state index is 0.00944. The zero-order valence-corrected chi connectivity index (χ0v) is 19.5. The number of likely N-dealkylation sites (tertiary alicyclic amines) is 1. The highest BCUT2D eigenvalue weighted by Crippen LogP contribution is 2.37. The van der Waals surface area contributed by atoms with Crippen LogP contribution in [0.3, 0.4) is 0 Å². The number of hydrogen-bond donors (Lipinski definition) is 2. The van der Waals surface area contributed by atoms with Crippen molar-refractivity contribution >= 4 is 16.8 Å². The van der Waals surface area contributed by atoms with Crippen LogP contribution in [0.1, 0.15) is 40.7 Å². The molecule has 1 fully saturated rings. The van der Waals surface area contributed by atoms with E-state index in [4.69, 9.17) is 4.74 Å².